The zero-order valence-electron chi connectivity index (χ0n) is 5.58. The first-order valence-corrected chi connectivity index (χ1v) is 2.81. The van der Waals surface area contributed by atoms with Crippen LogP contribution in [0.2, 0.25) is 0 Å². The Hall–Kier alpha value is -0.950. The fourth-order valence-electron chi connectivity index (χ4n) is 0.686. The molecule has 0 fully saturated rings. The van der Waals surface area contributed by atoms with Gasteiger partial charge >= 0.3 is 0 Å². The highest BCUT2D eigenvalue weighted by atomic mass is 35.5. The molecule has 54 valence electrons. The molecule has 0 saturated carbocycles. The van der Waals surface area contributed by atoms with Gasteiger partial charge in [-0.2, -0.15) is 0 Å². The van der Waals surface area contributed by atoms with Crippen molar-refractivity contribution in [3.05, 3.63) is 36.4 Å². The second-order valence-electron chi connectivity index (χ2n) is 1.87. The summed E-state index contributed by atoms with van der Waals surface area (Å²) in [7, 11) is 0. The largest absolute Gasteiger partial charge is 0.399 e. The van der Waals surface area contributed by atoms with Crippen LogP contribution in [0.4, 0.5) is 5.69 Å². The Morgan fingerprint density at radius 2 is 2.10 bits per heavy atom. The summed E-state index contributed by atoms with van der Waals surface area (Å²) in [6.07, 6.45) is 1.77. The lowest BCUT2D eigenvalue weighted by atomic mass is 10.2. The quantitative estimate of drug-likeness (QED) is 0.619. The summed E-state index contributed by atoms with van der Waals surface area (Å²) < 4.78 is 0. The predicted octanol–water partition coefficient (Wildman–Crippen LogP) is 2.33. The minimum Gasteiger partial charge on any atom is -0.399 e. The van der Waals surface area contributed by atoms with Gasteiger partial charge in [0.1, 0.15) is 0 Å². The van der Waals surface area contributed by atoms with E-state index in [1.54, 1.807) is 6.08 Å². The topological polar surface area (TPSA) is 26.0 Å². The Morgan fingerprint density at radius 1 is 1.40 bits per heavy atom. The van der Waals surface area contributed by atoms with Crippen LogP contribution in [0.3, 0.4) is 0 Å². The molecule has 2 N–H and O–H groups in total. The maximum Gasteiger partial charge on any atom is 0.0319 e. The fourth-order valence-corrected chi connectivity index (χ4v) is 0.686. The molecule has 1 rings (SSSR count). The van der Waals surface area contributed by atoms with Gasteiger partial charge < -0.3 is 5.73 Å². The first kappa shape index (κ1) is 9.05. The normalized spacial score (nSPS) is 8.00. The van der Waals surface area contributed by atoms with Gasteiger partial charge in [0.25, 0.3) is 0 Å². The highest BCUT2D eigenvalue weighted by molar-refractivity contribution is 5.85. The van der Waals surface area contributed by atoms with Crippen molar-refractivity contribution in [3.63, 3.8) is 0 Å². The van der Waals surface area contributed by atoms with Gasteiger partial charge in [-0.3, -0.25) is 0 Å². The fraction of sp³-hybridized carbons (Fsp3) is 0. The lowest BCUT2D eigenvalue weighted by molar-refractivity contribution is 1.65. The van der Waals surface area contributed by atoms with E-state index in [0.717, 1.165) is 11.3 Å². The highest BCUT2D eigenvalue weighted by Crippen LogP contribution is 2.06. The van der Waals surface area contributed by atoms with Crippen molar-refractivity contribution in [2.24, 2.45) is 0 Å². The molecule has 2 heteroatoms. The second-order valence-corrected chi connectivity index (χ2v) is 1.87. The third-order valence-electron chi connectivity index (χ3n) is 1.15. The van der Waals surface area contributed by atoms with Crippen molar-refractivity contribution in [1.82, 2.24) is 0 Å². The molecule has 0 heterocycles. The van der Waals surface area contributed by atoms with Crippen molar-refractivity contribution < 1.29 is 0 Å². The van der Waals surface area contributed by atoms with Crippen LogP contribution in [0.15, 0.2) is 30.8 Å². The van der Waals surface area contributed by atoms with Crippen LogP contribution < -0.4 is 5.73 Å². The number of anilines is 1. The van der Waals surface area contributed by atoms with E-state index in [9.17, 15) is 0 Å². The van der Waals surface area contributed by atoms with E-state index < -0.39 is 0 Å². The van der Waals surface area contributed by atoms with Crippen molar-refractivity contribution >= 4 is 24.2 Å². The summed E-state index contributed by atoms with van der Waals surface area (Å²) in [6, 6.07) is 7.61. The van der Waals surface area contributed by atoms with E-state index in [4.69, 9.17) is 5.73 Å². The molecule has 1 nitrogen and oxygen atoms in total. The molecule has 0 aromatic heterocycles. The molecular weight excluding hydrogens is 146 g/mol. The molecule has 0 aliphatic carbocycles. The standard InChI is InChI=1S/C8H9N.ClH/c1-2-7-4-3-5-8(9)6-7;/h2-6H,1,9H2;1H. The third-order valence-corrected chi connectivity index (χ3v) is 1.15. The van der Waals surface area contributed by atoms with Crippen LogP contribution in [0.5, 0.6) is 0 Å². The first-order valence-electron chi connectivity index (χ1n) is 2.81. The van der Waals surface area contributed by atoms with E-state index in [1.165, 1.54) is 0 Å². The Labute approximate surface area is 67.0 Å². The number of hydrogen-bond acceptors (Lipinski definition) is 1. The van der Waals surface area contributed by atoms with Gasteiger partial charge in [-0.25, -0.2) is 0 Å². The molecule has 0 aliphatic rings. The average Bonchev–Trinajstić information content (AvgIpc) is 1.88. The summed E-state index contributed by atoms with van der Waals surface area (Å²) in [5.41, 5.74) is 7.34. The van der Waals surface area contributed by atoms with Crippen LogP contribution in [0.25, 0.3) is 6.08 Å². The molecule has 10 heavy (non-hydrogen) atoms. The molecule has 1 aromatic carbocycles. The van der Waals surface area contributed by atoms with E-state index in [-0.39, 0.29) is 12.4 Å². The maximum atomic E-state index is 5.49. The molecule has 0 bridgehead atoms. The van der Waals surface area contributed by atoms with Crippen LogP contribution in [0.1, 0.15) is 5.56 Å². The summed E-state index contributed by atoms with van der Waals surface area (Å²) in [5.74, 6) is 0. The van der Waals surface area contributed by atoms with Crippen molar-refractivity contribution in [1.29, 1.82) is 0 Å². The third kappa shape index (κ3) is 2.11. The molecule has 0 radical (unpaired) electrons. The predicted molar refractivity (Wildman–Crippen MR) is 48.2 cm³/mol. The Balaban J connectivity index is 0.000000810. The smallest absolute Gasteiger partial charge is 0.0319 e. The Bertz CT molecular complexity index is 220. The zero-order chi connectivity index (χ0) is 6.69. The van der Waals surface area contributed by atoms with Gasteiger partial charge in [0.15, 0.2) is 0 Å². The Morgan fingerprint density at radius 3 is 2.50 bits per heavy atom. The van der Waals surface area contributed by atoms with E-state index in [2.05, 4.69) is 6.58 Å². The molecule has 0 atom stereocenters. The highest BCUT2D eigenvalue weighted by Gasteiger charge is 1.83. The molecule has 0 spiro atoms. The number of nitrogen functional groups attached to an aromatic ring is 1. The number of nitrogens with two attached hydrogens (primary N) is 1. The summed E-state index contributed by atoms with van der Waals surface area (Å²) in [5, 5.41) is 0. The Kier molecular flexibility index (Phi) is 3.59. The molecule has 0 saturated heterocycles. The molecule has 0 aliphatic heterocycles. The van der Waals surface area contributed by atoms with Crippen LogP contribution in [-0.2, 0) is 0 Å². The maximum absolute atomic E-state index is 5.49. The number of rotatable bonds is 1. The molecule has 1 aromatic rings. The van der Waals surface area contributed by atoms with Gasteiger partial charge in [-0.15, -0.1) is 12.4 Å². The van der Waals surface area contributed by atoms with Crippen molar-refractivity contribution in [3.8, 4) is 0 Å². The minimum absolute atomic E-state index is 0. The van der Waals surface area contributed by atoms with Crippen LogP contribution >= 0.6 is 12.4 Å². The van der Waals surface area contributed by atoms with Gasteiger partial charge in [0, 0.05) is 5.69 Å². The van der Waals surface area contributed by atoms with Gasteiger partial charge in [-0.1, -0.05) is 24.8 Å². The summed E-state index contributed by atoms with van der Waals surface area (Å²) >= 11 is 0. The van der Waals surface area contributed by atoms with E-state index >= 15 is 0 Å². The number of benzene rings is 1. The first-order chi connectivity index (χ1) is 4.33. The number of hydrogen-bond donors (Lipinski definition) is 1. The van der Waals surface area contributed by atoms with E-state index in [1.807, 2.05) is 24.3 Å². The lowest BCUT2D eigenvalue weighted by Crippen LogP contribution is -1.82. The summed E-state index contributed by atoms with van der Waals surface area (Å²) in [4.78, 5) is 0. The molecule has 0 amide bonds. The SMILES string of the molecule is C=Cc1cccc(N)c1.Cl. The van der Waals surface area contributed by atoms with Gasteiger partial charge in [0.05, 0.1) is 0 Å². The lowest BCUT2D eigenvalue weighted by Gasteiger charge is -1.92. The van der Waals surface area contributed by atoms with Crippen LogP contribution in [-0.4, -0.2) is 0 Å². The summed E-state index contributed by atoms with van der Waals surface area (Å²) in [6.45, 7) is 3.62. The van der Waals surface area contributed by atoms with Crippen molar-refractivity contribution in [2.45, 2.75) is 0 Å². The van der Waals surface area contributed by atoms with Crippen molar-refractivity contribution in [2.75, 3.05) is 5.73 Å². The monoisotopic (exact) mass is 155 g/mol. The average molecular weight is 156 g/mol. The van der Waals surface area contributed by atoms with Gasteiger partial charge in [0.2, 0.25) is 0 Å². The second kappa shape index (κ2) is 3.96. The minimum atomic E-state index is 0. The molecule has 0 unspecified atom stereocenters. The molecular formula is C8H10ClN. The van der Waals surface area contributed by atoms with Crippen LogP contribution in [0, 0.1) is 0 Å². The number of halogens is 1. The van der Waals surface area contributed by atoms with E-state index in [0.29, 0.717) is 0 Å². The van der Waals surface area contributed by atoms with Gasteiger partial charge in [-0.05, 0) is 17.7 Å². The zero-order valence-corrected chi connectivity index (χ0v) is 6.40.